The summed E-state index contributed by atoms with van der Waals surface area (Å²) >= 11 is 0. The zero-order chi connectivity index (χ0) is 30.0. The number of ether oxygens (including phenoxy) is 1. The Balaban J connectivity index is 1.58. The monoisotopic (exact) mass is 599 g/mol. The first-order valence-corrected chi connectivity index (χ1v) is 14.1. The van der Waals surface area contributed by atoms with Crippen molar-refractivity contribution in [1.82, 2.24) is 20.1 Å². The number of nitrogens with one attached hydrogen (secondary N) is 2. The van der Waals surface area contributed by atoms with Crippen LogP contribution in [0.1, 0.15) is 32.7 Å². The van der Waals surface area contributed by atoms with Crippen LogP contribution in [0, 0.1) is 6.92 Å². The van der Waals surface area contributed by atoms with E-state index < -0.39 is 64.5 Å². The Kier molecular flexibility index (Phi) is 6.59. The lowest BCUT2D eigenvalue weighted by Gasteiger charge is -2.39. The Morgan fingerprint density at radius 2 is 1.93 bits per heavy atom. The molecule has 10 nitrogen and oxygen atoms in total. The summed E-state index contributed by atoms with van der Waals surface area (Å²) in [6, 6.07) is 6.54. The first-order valence-electron chi connectivity index (χ1n) is 12.0. The van der Waals surface area contributed by atoms with E-state index >= 15 is 8.78 Å². The van der Waals surface area contributed by atoms with Crippen molar-refractivity contribution in [3.8, 4) is 11.6 Å². The maximum atomic E-state index is 15.7. The van der Waals surface area contributed by atoms with Gasteiger partial charge in [-0.15, -0.1) is 0 Å². The zero-order valence-electron chi connectivity index (χ0n) is 21.5. The number of alkyl halides is 5. The molecule has 1 atom stereocenters. The average Bonchev–Trinajstić information content (AvgIpc) is 3.28. The number of fused-ring (bicyclic) bond motifs is 3. The number of hydrogen-bond acceptors (Lipinski definition) is 7. The molecule has 1 aromatic carbocycles. The Morgan fingerprint density at radius 3 is 2.56 bits per heavy atom. The molecule has 0 unspecified atom stereocenters. The fourth-order valence-electron chi connectivity index (χ4n) is 5.01. The van der Waals surface area contributed by atoms with Crippen molar-refractivity contribution in [2.75, 3.05) is 23.9 Å². The Labute approximate surface area is 229 Å². The minimum Gasteiger partial charge on any atom is -0.484 e. The molecule has 1 spiro atoms. The van der Waals surface area contributed by atoms with Gasteiger partial charge in [0, 0.05) is 25.3 Å². The summed E-state index contributed by atoms with van der Waals surface area (Å²) in [6.45, 7) is 0.155. The molecule has 2 N–H and O–H groups in total. The molecule has 3 heterocycles. The molecule has 0 fully saturated rings. The highest BCUT2D eigenvalue weighted by atomic mass is 32.2. The van der Waals surface area contributed by atoms with Gasteiger partial charge < -0.3 is 15.4 Å². The first-order chi connectivity index (χ1) is 19.0. The van der Waals surface area contributed by atoms with E-state index in [1.807, 2.05) is 0 Å². The summed E-state index contributed by atoms with van der Waals surface area (Å²) in [4.78, 5) is 30.2. The summed E-state index contributed by atoms with van der Waals surface area (Å²) in [5.41, 5.74) is -1.95. The molecule has 1 aliphatic carbocycles. The third-order valence-electron chi connectivity index (χ3n) is 6.68. The zero-order valence-corrected chi connectivity index (χ0v) is 22.3. The number of hydrogen-bond donors (Lipinski definition) is 2. The number of amides is 2. The normalized spacial score (nSPS) is 19.4. The molecule has 1 aliphatic heterocycles. The van der Waals surface area contributed by atoms with E-state index in [0.29, 0.717) is 0 Å². The molecule has 16 heteroatoms. The van der Waals surface area contributed by atoms with E-state index in [1.54, 1.807) is 13.0 Å². The van der Waals surface area contributed by atoms with Gasteiger partial charge in [-0.3, -0.25) is 9.59 Å². The molecule has 2 aliphatic rings. The number of rotatable bonds is 6. The van der Waals surface area contributed by atoms with Gasteiger partial charge in [0.05, 0.1) is 5.69 Å². The summed E-state index contributed by atoms with van der Waals surface area (Å²) in [6.07, 6.45) is -3.75. The smallest absolute Gasteiger partial charge is 0.422 e. The SMILES string of the molecule is Cc1ccc(-n2nc3c(c2NC(=O)CS(C)(=O)=O)C(=O)N[C@@]2(C3)c3ccc(OCC(F)(F)F)cc3CC2(F)F)nc1. The Morgan fingerprint density at radius 1 is 1.20 bits per heavy atom. The number of halogens is 5. The number of aryl methyl sites for hydroxylation is 1. The van der Waals surface area contributed by atoms with Crippen molar-refractivity contribution in [1.29, 1.82) is 0 Å². The molecule has 0 saturated carbocycles. The highest BCUT2D eigenvalue weighted by Crippen LogP contribution is 2.52. The van der Waals surface area contributed by atoms with E-state index in [4.69, 9.17) is 4.74 Å². The van der Waals surface area contributed by atoms with Crippen LogP contribution in [-0.4, -0.2) is 65.7 Å². The second kappa shape index (κ2) is 9.49. The summed E-state index contributed by atoms with van der Waals surface area (Å²) < 4.78 is 98.2. The van der Waals surface area contributed by atoms with Crippen LogP contribution in [0.4, 0.5) is 27.8 Å². The van der Waals surface area contributed by atoms with Crippen molar-refractivity contribution in [3.63, 3.8) is 0 Å². The molecular formula is C25H22F5N5O5S. The third kappa shape index (κ3) is 5.35. The van der Waals surface area contributed by atoms with Gasteiger partial charge in [-0.25, -0.2) is 22.2 Å². The summed E-state index contributed by atoms with van der Waals surface area (Å²) in [5.74, 6) is -6.91. The molecule has 0 bridgehead atoms. The van der Waals surface area contributed by atoms with Crippen LogP contribution in [0.3, 0.4) is 0 Å². The maximum absolute atomic E-state index is 15.7. The number of carbonyl (C=O) groups excluding carboxylic acids is 2. The molecule has 5 rings (SSSR count). The van der Waals surface area contributed by atoms with Gasteiger partial charge in [-0.2, -0.15) is 23.0 Å². The number of aromatic nitrogens is 3. The van der Waals surface area contributed by atoms with Crippen LogP contribution in [0.15, 0.2) is 36.5 Å². The predicted octanol–water partition coefficient (Wildman–Crippen LogP) is 2.87. The van der Waals surface area contributed by atoms with Crippen LogP contribution in [0.5, 0.6) is 5.75 Å². The molecule has 2 aromatic heterocycles. The standard InChI is InChI=1S/C25H22F5N5O5S/c1-13-3-6-18(31-10-13)35-21(32-19(36)11-41(2,38)39)20-17(34-35)9-23(33-22(20)37)16-5-4-15(40-12-25(28,29)30)7-14(16)8-24(23,26)27/h3-7,10H,8-9,11-12H2,1-2H3,(H,32,36)(H,33,37)/t23-/m0/s1. The van der Waals surface area contributed by atoms with E-state index in [0.717, 1.165) is 28.6 Å². The number of sulfone groups is 1. The molecule has 0 radical (unpaired) electrons. The fraction of sp³-hybridized carbons (Fsp3) is 0.360. The van der Waals surface area contributed by atoms with Crippen LogP contribution in [-0.2, 0) is 33.0 Å². The van der Waals surface area contributed by atoms with Gasteiger partial charge in [-0.05, 0) is 41.8 Å². The average molecular weight is 600 g/mol. The topological polar surface area (TPSA) is 132 Å². The van der Waals surface area contributed by atoms with Gasteiger partial charge in [0.25, 0.3) is 11.8 Å². The van der Waals surface area contributed by atoms with Crippen molar-refractivity contribution in [2.24, 2.45) is 0 Å². The molecule has 41 heavy (non-hydrogen) atoms. The highest BCUT2D eigenvalue weighted by molar-refractivity contribution is 7.91. The number of nitrogens with zero attached hydrogens (tertiary/aromatic N) is 3. The second-order valence-electron chi connectivity index (χ2n) is 10.0. The molecule has 3 aromatic rings. The lowest BCUT2D eigenvalue weighted by Crippen LogP contribution is -2.59. The minimum absolute atomic E-state index is 0.0141. The van der Waals surface area contributed by atoms with E-state index in [9.17, 15) is 31.2 Å². The van der Waals surface area contributed by atoms with Crippen LogP contribution in [0.2, 0.25) is 0 Å². The molecule has 2 amide bonds. The van der Waals surface area contributed by atoms with E-state index in [1.165, 1.54) is 18.3 Å². The summed E-state index contributed by atoms with van der Waals surface area (Å²) in [7, 11) is -3.76. The maximum Gasteiger partial charge on any atom is 0.422 e. The summed E-state index contributed by atoms with van der Waals surface area (Å²) in [5, 5.41) is 9.04. The van der Waals surface area contributed by atoms with Crippen molar-refractivity contribution in [3.05, 3.63) is 64.5 Å². The minimum atomic E-state index is -4.63. The van der Waals surface area contributed by atoms with Crippen molar-refractivity contribution in [2.45, 2.75) is 37.4 Å². The lowest BCUT2D eigenvalue weighted by atomic mass is 9.80. The Hall–Kier alpha value is -4.08. The second-order valence-corrected chi connectivity index (χ2v) is 12.2. The van der Waals surface area contributed by atoms with Gasteiger partial charge in [0.1, 0.15) is 22.6 Å². The fourth-order valence-corrected chi connectivity index (χ4v) is 5.56. The van der Waals surface area contributed by atoms with Gasteiger partial charge in [-0.1, -0.05) is 12.1 Å². The lowest BCUT2D eigenvalue weighted by molar-refractivity contribution is -0.153. The third-order valence-corrected chi connectivity index (χ3v) is 7.47. The van der Waals surface area contributed by atoms with Crippen LogP contribution in [0.25, 0.3) is 5.82 Å². The molecule has 218 valence electrons. The van der Waals surface area contributed by atoms with E-state index in [2.05, 4.69) is 20.7 Å². The van der Waals surface area contributed by atoms with E-state index in [-0.39, 0.29) is 39.8 Å². The quantitative estimate of drug-likeness (QED) is 0.417. The number of anilines is 1. The van der Waals surface area contributed by atoms with Gasteiger partial charge in [0.15, 0.2) is 28.1 Å². The number of carbonyl (C=O) groups is 2. The molecular weight excluding hydrogens is 577 g/mol. The van der Waals surface area contributed by atoms with Crippen LogP contribution >= 0.6 is 0 Å². The largest absolute Gasteiger partial charge is 0.484 e. The number of pyridine rings is 1. The molecule has 0 saturated heterocycles. The van der Waals surface area contributed by atoms with Gasteiger partial charge >= 0.3 is 6.18 Å². The number of benzene rings is 1. The van der Waals surface area contributed by atoms with Crippen LogP contribution < -0.4 is 15.4 Å². The Bertz CT molecular complexity index is 1670. The van der Waals surface area contributed by atoms with Crippen molar-refractivity contribution >= 4 is 27.5 Å². The highest BCUT2D eigenvalue weighted by Gasteiger charge is 2.63. The first kappa shape index (κ1) is 28.4. The van der Waals surface area contributed by atoms with Crippen molar-refractivity contribution < 1.29 is 44.7 Å². The van der Waals surface area contributed by atoms with Gasteiger partial charge in [0.2, 0.25) is 5.91 Å². The predicted molar refractivity (Wildman–Crippen MR) is 134 cm³/mol.